The molecule has 0 saturated heterocycles. The van der Waals surface area contributed by atoms with Gasteiger partial charge in [-0.25, -0.2) is 18.6 Å². The second-order valence-corrected chi connectivity index (χ2v) is 9.10. The molecule has 2 aromatic rings. The third-order valence-electron chi connectivity index (χ3n) is 6.67. The number of carboxylic acid groups (broad SMARTS) is 1. The average Bonchev–Trinajstić information content (AvgIpc) is 2.80. The Morgan fingerprint density at radius 1 is 1.23 bits per heavy atom. The van der Waals surface area contributed by atoms with Crippen LogP contribution in [0.2, 0.25) is 0 Å². The third kappa shape index (κ3) is 5.94. The minimum Gasteiger partial charge on any atom is -0.480 e. The van der Waals surface area contributed by atoms with Gasteiger partial charge in [0, 0.05) is 31.0 Å². The number of aliphatic hydroxyl groups excluding tert-OH is 1. The first-order valence-corrected chi connectivity index (χ1v) is 11.9. The number of carbonyl (C=O) groups is 2. The lowest BCUT2D eigenvalue weighted by Crippen LogP contribution is -2.53. The van der Waals surface area contributed by atoms with Crippen molar-refractivity contribution in [1.29, 1.82) is 0 Å². The second kappa shape index (κ2) is 11.1. The maximum absolute atomic E-state index is 14.1. The van der Waals surface area contributed by atoms with Crippen molar-refractivity contribution in [2.45, 2.75) is 57.0 Å². The van der Waals surface area contributed by atoms with Crippen LogP contribution in [0.25, 0.3) is 0 Å². The number of fused-ring (bicyclic) bond motifs is 1. The molecule has 8 nitrogen and oxygen atoms in total. The summed E-state index contributed by atoms with van der Waals surface area (Å²) in [5, 5.41) is 23.4. The molecule has 0 spiro atoms. The highest BCUT2D eigenvalue weighted by Crippen LogP contribution is 2.37. The first-order valence-electron chi connectivity index (χ1n) is 11.9. The number of aliphatic hydroxyl groups is 1. The summed E-state index contributed by atoms with van der Waals surface area (Å²) in [6.07, 6.45) is 4.73. The van der Waals surface area contributed by atoms with E-state index in [2.05, 4.69) is 11.4 Å². The lowest BCUT2D eigenvalue weighted by molar-refractivity contribution is -0.204. The zero-order chi connectivity index (χ0) is 24.9. The van der Waals surface area contributed by atoms with Crippen molar-refractivity contribution in [2.24, 2.45) is 5.92 Å². The van der Waals surface area contributed by atoms with Crippen molar-refractivity contribution in [3.8, 4) is 0 Å². The van der Waals surface area contributed by atoms with Crippen molar-refractivity contribution in [1.82, 2.24) is 10.0 Å². The molecule has 0 bridgehead atoms. The second-order valence-electron chi connectivity index (χ2n) is 9.10. The number of carbonyl (C=O) groups excluding carboxylic acids is 1. The number of aryl methyl sites for hydroxylation is 2. The lowest BCUT2D eigenvalue weighted by Gasteiger charge is -2.43. The van der Waals surface area contributed by atoms with E-state index in [1.54, 1.807) is 0 Å². The number of carboxylic acids is 1. The minimum absolute atomic E-state index is 0.165. The first kappa shape index (κ1) is 25.0. The van der Waals surface area contributed by atoms with Crippen LogP contribution in [0.4, 0.5) is 14.6 Å². The highest BCUT2D eigenvalue weighted by atomic mass is 19.1. The fourth-order valence-corrected chi connectivity index (χ4v) is 4.68. The van der Waals surface area contributed by atoms with Crippen molar-refractivity contribution >= 4 is 17.8 Å². The number of aromatic nitrogens is 1. The molecular formula is C25H29F2N3O5. The summed E-state index contributed by atoms with van der Waals surface area (Å²) in [6, 6.07) is 4.91. The highest BCUT2D eigenvalue weighted by molar-refractivity contribution is 5.89. The number of hydroxylamine groups is 2. The number of nitrogens with one attached hydrogen (secondary N) is 1. The van der Waals surface area contributed by atoms with Gasteiger partial charge in [-0.2, -0.15) is 0 Å². The number of halogens is 2. The van der Waals surface area contributed by atoms with E-state index in [1.807, 2.05) is 6.07 Å². The molecule has 0 amide bonds. The fourth-order valence-electron chi connectivity index (χ4n) is 4.68. The van der Waals surface area contributed by atoms with E-state index < -0.39 is 47.8 Å². The molecule has 2 heterocycles. The van der Waals surface area contributed by atoms with E-state index in [0.29, 0.717) is 18.9 Å². The van der Waals surface area contributed by atoms with Crippen LogP contribution in [0.5, 0.6) is 0 Å². The predicted octanol–water partition coefficient (Wildman–Crippen LogP) is 3.34. The molecule has 1 aromatic carbocycles. The smallest absolute Gasteiger partial charge is 0.360 e. The Morgan fingerprint density at radius 2 is 2.03 bits per heavy atom. The molecule has 1 aromatic heterocycles. The molecule has 35 heavy (non-hydrogen) atoms. The van der Waals surface area contributed by atoms with Crippen molar-refractivity contribution < 1.29 is 33.4 Å². The summed E-state index contributed by atoms with van der Waals surface area (Å²) < 4.78 is 27.3. The SMILES string of the molecule is O=C(ON(C1CC(CCc2ccc3c(n2)NCCC3)C1)[C@@H](CCO)C(=O)O)c1ccc(F)cc1F. The number of aliphatic carboxylic acids is 1. The zero-order valence-electron chi connectivity index (χ0n) is 19.3. The van der Waals surface area contributed by atoms with Crippen LogP contribution in [0.3, 0.4) is 0 Å². The first-order chi connectivity index (χ1) is 16.9. The Kier molecular flexibility index (Phi) is 7.92. The van der Waals surface area contributed by atoms with E-state index >= 15 is 0 Å². The number of hydrogen-bond donors (Lipinski definition) is 3. The molecule has 1 saturated carbocycles. The van der Waals surface area contributed by atoms with Crippen molar-refractivity contribution in [2.75, 3.05) is 18.5 Å². The molecule has 1 fully saturated rings. The number of rotatable bonds is 10. The fraction of sp³-hybridized carbons (Fsp3) is 0.480. The zero-order valence-corrected chi connectivity index (χ0v) is 19.3. The van der Waals surface area contributed by atoms with Crippen LogP contribution in [-0.2, 0) is 22.5 Å². The maximum Gasteiger partial charge on any atom is 0.360 e. The standard InChI is InChI=1S/C25H29F2N3O5/c26-17-5-8-20(21(27)14-17)25(34)35-30(22(9-11-31)24(32)33)19-12-15(13-19)3-6-18-7-4-16-2-1-10-28-23(16)29-18/h4-5,7-8,14-15,19,22,31H,1-3,6,9-13H2,(H,28,29)(H,32,33)/t15?,19?,22-/m0/s1. The molecule has 2 aliphatic rings. The molecule has 188 valence electrons. The van der Waals surface area contributed by atoms with Crippen LogP contribution < -0.4 is 5.32 Å². The number of pyridine rings is 1. The van der Waals surface area contributed by atoms with E-state index in [-0.39, 0.29) is 12.3 Å². The minimum atomic E-state index is -1.29. The Morgan fingerprint density at radius 3 is 2.74 bits per heavy atom. The summed E-state index contributed by atoms with van der Waals surface area (Å²) in [5.74, 6) is -3.09. The molecule has 1 aliphatic heterocycles. The normalized spacial score (nSPS) is 19.9. The largest absolute Gasteiger partial charge is 0.480 e. The topological polar surface area (TPSA) is 112 Å². The van der Waals surface area contributed by atoms with Crippen LogP contribution in [0.1, 0.15) is 53.7 Å². The molecule has 10 heteroatoms. The molecule has 3 N–H and O–H groups in total. The molecular weight excluding hydrogens is 460 g/mol. The third-order valence-corrected chi connectivity index (χ3v) is 6.67. The van der Waals surface area contributed by atoms with Crippen molar-refractivity contribution in [3.05, 3.63) is 58.8 Å². The summed E-state index contributed by atoms with van der Waals surface area (Å²) in [4.78, 5) is 34.4. The maximum atomic E-state index is 14.1. The van der Waals surface area contributed by atoms with Gasteiger partial charge in [-0.3, -0.25) is 4.79 Å². The van der Waals surface area contributed by atoms with E-state index in [0.717, 1.165) is 60.9 Å². The molecule has 4 rings (SSSR count). The quantitative estimate of drug-likeness (QED) is 0.436. The monoisotopic (exact) mass is 489 g/mol. The summed E-state index contributed by atoms with van der Waals surface area (Å²) >= 11 is 0. The number of hydrogen-bond acceptors (Lipinski definition) is 7. The predicted molar refractivity (Wildman–Crippen MR) is 123 cm³/mol. The average molecular weight is 490 g/mol. The van der Waals surface area contributed by atoms with Gasteiger partial charge in [0.2, 0.25) is 0 Å². The van der Waals surface area contributed by atoms with Gasteiger partial charge in [0.05, 0.1) is 5.56 Å². The summed E-state index contributed by atoms with van der Waals surface area (Å²) in [7, 11) is 0. The molecule has 1 aliphatic carbocycles. The van der Waals surface area contributed by atoms with Crippen LogP contribution in [0.15, 0.2) is 30.3 Å². The van der Waals surface area contributed by atoms with Gasteiger partial charge < -0.3 is 20.4 Å². The van der Waals surface area contributed by atoms with E-state index in [1.165, 1.54) is 5.56 Å². The van der Waals surface area contributed by atoms with Gasteiger partial charge in [-0.1, -0.05) is 6.07 Å². The Balaban J connectivity index is 1.39. The van der Waals surface area contributed by atoms with Gasteiger partial charge in [0.25, 0.3) is 0 Å². The number of nitrogens with zero attached hydrogens (tertiary/aromatic N) is 2. The van der Waals surface area contributed by atoms with Gasteiger partial charge in [-0.15, -0.1) is 5.06 Å². The molecule has 0 radical (unpaired) electrons. The van der Waals surface area contributed by atoms with Crippen molar-refractivity contribution in [3.63, 3.8) is 0 Å². The van der Waals surface area contributed by atoms with E-state index in [4.69, 9.17) is 9.82 Å². The van der Waals surface area contributed by atoms with E-state index in [9.17, 15) is 28.6 Å². The van der Waals surface area contributed by atoms with Gasteiger partial charge in [-0.05, 0) is 74.6 Å². The van der Waals surface area contributed by atoms with Gasteiger partial charge >= 0.3 is 11.9 Å². The van der Waals surface area contributed by atoms with Crippen LogP contribution in [-0.4, -0.2) is 57.4 Å². The Labute approximate surface area is 201 Å². The highest BCUT2D eigenvalue weighted by Gasteiger charge is 2.42. The summed E-state index contributed by atoms with van der Waals surface area (Å²) in [5.41, 5.74) is 1.72. The molecule has 1 atom stereocenters. The Hall–Kier alpha value is -3.11. The number of anilines is 1. The Bertz CT molecular complexity index is 1080. The van der Waals surface area contributed by atoms with Gasteiger partial charge in [0.15, 0.2) is 0 Å². The molecule has 0 unspecified atom stereocenters. The van der Waals surface area contributed by atoms with Gasteiger partial charge in [0.1, 0.15) is 23.5 Å². The number of benzene rings is 1. The lowest BCUT2D eigenvalue weighted by atomic mass is 9.76. The van der Waals surface area contributed by atoms with Crippen LogP contribution in [0, 0.1) is 17.6 Å². The van der Waals surface area contributed by atoms with Crippen LogP contribution >= 0.6 is 0 Å². The summed E-state index contributed by atoms with van der Waals surface area (Å²) in [6.45, 7) is 0.493.